The topological polar surface area (TPSA) is 29.1 Å². The van der Waals surface area contributed by atoms with Crippen LogP contribution in [-0.2, 0) is 12.8 Å². The summed E-state index contributed by atoms with van der Waals surface area (Å²) >= 11 is 2.31. The predicted molar refractivity (Wildman–Crippen MR) is 126 cm³/mol. The van der Waals surface area contributed by atoms with Crippen LogP contribution in [0, 0.1) is 3.57 Å². The number of ketones is 1. The molecule has 0 amide bonds. The largest absolute Gasteiger partial charge is 0.378 e. The Morgan fingerprint density at radius 2 is 1.36 bits per heavy atom. The van der Waals surface area contributed by atoms with Gasteiger partial charge in [0.15, 0.2) is 5.78 Å². The van der Waals surface area contributed by atoms with Crippen molar-refractivity contribution in [2.45, 2.75) is 39.2 Å². The summed E-state index contributed by atoms with van der Waals surface area (Å²) < 4.78 is 1.19. The third kappa shape index (κ3) is 5.44. The van der Waals surface area contributed by atoms with Gasteiger partial charge in [-0.2, -0.15) is 0 Å². The fraction of sp³-hybridized carbons (Fsp3) is 0.240. The van der Waals surface area contributed by atoms with Crippen LogP contribution in [0.5, 0.6) is 0 Å². The van der Waals surface area contributed by atoms with Crippen molar-refractivity contribution in [1.29, 1.82) is 0 Å². The first-order valence-electron chi connectivity index (χ1n) is 9.82. The molecule has 0 radical (unpaired) electrons. The van der Waals surface area contributed by atoms with E-state index in [1.54, 1.807) is 0 Å². The molecular weight excluding hydrogens is 457 g/mol. The van der Waals surface area contributed by atoms with Crippen molar-refractivity contribution in [3.05, 3.63) is 98.6 Å². The first kappa shape index (κ1) is 20.6. The average molecular weight is 483 g/mol. The van der Waals surface area contributed by atoms with E-state index >= 15 is 0 Å². The third-order valence-electron chi connectivity index (χ3n) is 5.05. The minimum atomic E-state index is -0.0668. The second kappa shape index (κ2) is 9.87. The minimum Gasteiger partial charge on any atom is -0.378 e. The number of hydrogen-bond acceptors (Lipinski definition) is 2. The quantitative estimate of drug-likeness (QED) is 0.281. The van der Waals surface area contributed by atoms with Crippen LogP contribution >= 0.6 is 22.6 Å². The highest BCUT2D eigenvalue weighted by molar-refractivity contribution is 14.1. The fourth-order valence-corrected chi connectivity index (χ4v) is 3.57. The van der Waals surface area contributed by atoms with Gasteiger partial charge in [-0.25, -0.2) is 0 Å². The highest BCUT2D eigenvalue weighted by atomic mass is 127. The number of rotatable bonds is 8. The molecule has 1 atom stereocenters. The summed E-state index contributed by atoms with van der Waals surface area (Å²) in [7, 11) is 0. The van der Waals surface area contributed by atoms with Crippen LogP contribution < -0.4 is 5.32 Å². The Bertz CT molecular complexity index is 899. The van der Waals surface area contributed by atoms with Gasteiger partial charge in [-0.15, -0.1) is 0 Å². The summed E-state index contributed by atoms with van der Waals surface area (Å²) in [6.07, 6.45) is 2.42. The number of halogens is 1. The monoisotopic (exact) mass is 483 g/mol. The van der Waals surface area contributed by atoms with E-state index < -0.39 is 0 Å². The SMILES string of the molecule is CCc1ccc(N[C@H](CC(=O)c2ccc(CC)cc2)c2ccc(I)cc2)cc1. The van der Waals surface area contributed by atoms with Crippen LogP contribution in [0.4, 0.5) is 5.69 Å². The highest BCUT2D eigenvalue weighted by Gasteiger charge is 2.17. The number of Topliss-reactive ketones (excluding diaryl/α,β-unsaturated/α-hetero) is 1. The zero-order chi connectivity index (χ0) is 19.9. The van der Waals surface area contributed by atoms with Gasteiger partial charge in [-0.3, -0.25) is 4.79 Å². The maximum absolute atomic E-state index is 12.9. The molecule has 0 unspecified atom stereocenters. The van der Waals surface area contributed by atoms with E-state index in [0.29, 0.717) is 6.42 Å². The number of hydrogen-bond donors (Lipinski definition) is 1. The molecule has 28 heavy (non-hydrogen) atoms. The van der Waals surface area contributed by atoms with Gasteiger partial charge in [0.05, 0.1) is 6.04 Å². The van der Waals surface area contributed by atoms with Gasteiger partial charge in [0.1, 0.15) is 0 Å². The lowest BCUT2D eigenvalue weighted by molar-refractivity contribution is 0.0976. The zero-order valence-corrected chi connectivity index (χ0v) is 18.6. The van der Waals surface area contributed by atoms with Crippen LogP contribution in [0.1, 0.15) is 53.4 Å². The molecule has 144 valence electrons. The molecule has 0 aliphatic rings. The smallest absolute Gasteiger partial charge is 0.165 e. The Kier molecular flexibility index (Phi) is 7.26. The molecule has 0 bridgehead atoms. The first-order chi connectivity index (χ1) is 13.6. The first-order valence-corrected chi connectivity index (χ1v) is 10.9. The second-order valence-electron chi connectivity index (χ2n) is 6.98. The van der Waals surface area contributed by atoms with Crippen molar-refractivity contribution < 1.29 is 4.79 Å². The van der Waals surface area contributed by atoms with Crippen LogP contribution in [0.25, 0.3) is 0 Å². The van der Waals surface area contributed by atoms with Gasteiger partial charge < -0.3 is 5.32 Å². The van der Waals surface area contributed by atoms with Crippen LogP contribution in [0.3, 0.4) is 0 Å². The molecule has 0 aromatic heterocycles. The van der Waals surface area contributed by atoms with Crippen molar-refractivity contribution >= 4 is 34.1 Å². The van der Waals surface area contributed by atoms with Gasteiger partial charge in [0.2, 0.25) is 0 Å². The van der Waals surface area contributed by atoms with Crippen LogP contribution in [-0.4, -0.2) is 5.78 Å². The maximum Gasteiger partial charge on any atom is 0.165 e. The summed E-state index contributed by atoms with van der Waals surface area (Å²) in [6, 6.07) is 24.8. The molecule has 0 aliphatic carbocycles. The number of carbonyl (C=O) groups excluding carboxylic acids is 1. The molecule has 0 fully saturated rings. The summed E-state index contributed by atoms with van der Waals surface area (Å²) in [5, 5.41) is 3.57. The molecule has 3 aromatic rings. The van der Waals surface area contributed by atoms with Gasteiger partial charge in [-0.1, -0.05) is 62.4 Å². The van der Waals surface area contributed by atoms with Crippen molar-refractivity contribution in [2.75, 3.05) is 5.32 Å². The van der Waals surface area contributed by atoms with E-state index in [1.165, 1.54) is 14.7 Å². The highest BCUT2D eigenvalue weighted by Crippen LogP contribution is 2.26. The van der Waals surface area contributed by atoms with Crippen molar-refractivity contribution in [3.8, 4) is 0 Å². The lowest BCUT2D eigenvalue weighted by atomic mass is 9.96. The number of anilines is 1. The Balaban J connectivity index is 1.82. The number of carbonyl (C=O) groups is 1. The normalized spacial score (nSPS) is 11.8. The standard InChI is InChI=1S/C25H26INO/c1-3-18-5-9-21(10-6-18)25(28)17-24(20-11-13-22(26)14-12-20)27-23-15-7-19(4-2)8-16-23/h5-16,24,27H,3-4,17H2,1-2H3/t24-/m1/s1. The van der Waals surface area contributed by atoms with E-state index in [-0.39, 0.29) is 11.8 Å². The van der Waals surface area contributed by atoms with E-state index in [0.717, 1.165) is 29.7 Å². The molecule has 0 heterocycles. The van der Waals surface area contributed by atoms with Crippen molar-refractivity contribution in [1.82, 2.24) is 0 Å². The molecule has 0 spiro atoms. The number of nitrogens with one attached hydrogen (secondary N) is 1. The van der Waals surface area contributed by atoms with E-state index in [4.69, 9.17) is 0 Å². The molecule has 2 nitrogen and oxygen atoms in total. The summed E-state index contributed by atoms with van der Waals surface area (Å²) in [6.45, 7) is 4.27. The van der Waals surface area contributed by atoms with E-state index in [2.05, 4.69) is 90.3 Å². The van der Waals surface area contributed by atoms with Gasteiger partial charge in [-0.05, 0) is 76.4 Å². The summed E-state index contributed by atoms with van der Waals surface area (Å²) in [5.74, 6) is 0.156. The Labute approximate surface area is 181 Å². The maximum atomic E-state index is 12.9. The molecular formula is C25H26INO. The fourth-order valence-electron chi connectivity index (χ4n) is 3.21. The average Bonchev–Trinajstić information content (AvgIpc) is 2.74. The number of benzene rings is 3. The van der Waals surface area contributed by atoms with Crippen molar-refractivity contribution in [2.24, 2.45) is 0 Å². The molecule has 0 saturated heterocycles. The van der Waals surface area contributed by atoms with Crippen LogP contribution in [0.15, 0.2) is 72.8 Å². The summed E-state index contributed by atoms with van der Waals surface area (Å²) in [5.41, 5.74) is 5.49. The molecule has 0 saturated carbocycles. The van der Waals surface area contributed by atoms with E-state index in [1.807, 2.05) is 24.3 Å². The van der Waals surface area contributed by atoms with Crippen molar-refractivity contribution in [3.63, 3.8) is 0 Å². The van der Waals surface area contributed by atoms with Gasteiger partial charge in [0.25, 0.3) is 0 Å². The molecule has 3 heteroatoms. The Morgan fingerprint density at radius 3 is 1.89 bits per heavy atom. The second-order valence-corrected chi connectivity index (χ2v) is 8.22. The summed E-state index contributed by atoms with van der Waals surface area (Å²) in [4.78, 5) is 12.9. The third-order valence-corrected chi connectivity index (χ3v) is 5.77. The minimum absolute atomic E-state index is 0.0668. The van der Waals surface area contributed by atoms with Gasteiger partial charge >= 0.3 is 0 Å². The van der Waals surface area contributed by atoms with Crippen LogP contribution in [0.2, 0.25) is 0 Å². The predicted octanol–water partition coefficient (Wildman–Crippen LogP) is 6.84. The molecule has 3 aromatic carbocycles. The molecule has 3 rings (SSSR count). The molecule has 1 N–H and O–H groups in total. The Hall–Kier alpha value is -2.14. The number of aryl methyl sites for hydroxylation is 2. The van der Waals surface area contributed by atoms with E-state index in [9.17, 15) is 4.79 Å². The molecule has 0 aliphatic heterocycles. The Morgan fingerprint density at radius 1 is 0.821 bits per heavy atom. The zero-order valence-electron chi connectivity index (χ0n) is 16.4. The van der Waals surface area contributed by atoms with Gasteiger partial charge in [0, 0.05) is 21.2 Å². The lowest BCUT2D eigenvalue weighted by Gasteiger charge is -2.20. The lowest BCUT2D eigenvalue weighted by Crippen LogP contribution is -2.16.